The van der Waals surface area contributed by atoms with E-state index in [-0.39, 0.29) is 11.1 Å². The highest BCUT2D eigenvalue weighted by Gasteiger charge is 2.20. The number of unbranched alkanes of at least 4 members (excludes halogenated alkanes) is 1. The van der Waals surface area contributed by atoms with Gasteiger partial charge in [0.05, 0.1) is 6.54 Å². The molecule has 0 saturated carbocycles. The summed E-state index contributed by atoms with van der Waals surface area (Å²) in [6.45, 7) is 4.46. The van der Waals surface area contributed by atoms with Gasteiger partial charge in [-0.05, 0) is 32.5 Å². The lowest BCUT2D eigenvalue weighted by Gasteiger charge is -2.12. The first-order valence-electron chi connectivity index (χ1n) is 6.25. The molecule has 0 saturated heterocycles. The first-order valence-corrected chi connectivity index (χ1v) is 7.73. The summed E-state index contributed by atoms with van der Waals surface area (Å²) in [6, 6.07) is 3.08. The van der Waals surface area contributed by atoms with Crippen LogP contribution in [0.5, 0.6) is 0 Å². The van der Waals surface area contributed by atoms with Crippen molar-refractivity contribution in [3.8, 4) is 0 Å². The molecular formula is C12H22N2O3S. The number of hydrogen-bond donors (Lipinski definition) is 2. The van der Waals surface area contributed by atoms with Crippen LogP contribution in [-0.4, -0.2) is 21.5 Å². The summed E-state index contributed by atoms with van der Waals surface area (Å²) in [5, 5.41) is 2.89. The van der Waals surface area contributed by atoms with Crippen LogP contribution >= 0.6 is 0 Å². The zero-order valence-corrected chi connectivity index (χ0v) is 12.0. The zero-order chi connectivity index (χ0) is 13.6. The molecule has 1 unspecified atom stereocenters. The Morgan fingerprint density at radius 1 is 1.39 bits per heavy atom. The van der Waals surface area contributed by atoms with Crippen molar-refractivity contribution in [2.24, 2.45) is 0 Å². The third-order valence-corrected chi connectivity index (χ3v) is 4.06. The third-order valence-electron chi connectivity index (χ3n) is 2.60. The van der Waals surface area contributed by atoms with Crippen LogP contribution in [0.4, 0.5) is 0 Å². The first-order chi connectivity index (χ1) is 8.49. The molecular weight excluding hydrogens is 252 g/mol. The predicted octanol–water partition coefficient (Wildman–Crippen LogP) is 1.86. The molecule has 1 rings (SSSR count). The molecule has 104 valence electrons. The molecule has 0 aliphatic rings. The van der Waals surface area contributed by atoms with Gasteiger partial charge in [-0.25, -0.2) is 13.1 Å². The molecule has 0 aromatic carbocycles. The predicted molar refractivity (Wildman–Crippen MR) is 70.8 cm³/mol. The number of furan rings is 1. The van der Waals surface area contributed by atoms with E-state index in [0.717, 1.165) is 19.3 Å². The Labute approximate surface area is 109 Å². The van der Waals surface area contributed by atoms with Crippen molar-refractivity contribution in [1.29, 1.82) is 0 Å². The monoisotopic (exact) mass is 274 g/mol. The van der Waals surface area contributed by atoms with Gasteiger partial charge in [0.1, 0.15) is 5.76 Å². The Kier molecular flexibility index (Phi) is 5.84. The quantitative estimate of drug-likeness (QED) is 0.759. The summed E-state index contributed by atoms with van der Waals surface area (Å²) < 4.78 is 31.9. The second-order valence-corrected chi connectivity index (χ2v) is 6.06. The highest BCUT2D eigenvalue weighted by Crippen LogP contribution is 2.14. The normalized spacial score (nSPS) is 13.7. The summed E-state index contributed by atoms with van der Waals surface area (Å²) in [5.74, 6) is 0.610. The van der Waals surface area contributed by atoms with Crippen LogP contribution in [0.3, 0.4) is 0 Å². The fraction of sp³-hybridized carbons (Fsp3) is 0.667. The molecule has 0 amide bonds. The van der Waals surface area contributed by atoms with Gasteiger partial charge in [0.25, 0.3) is 10.0 Å². The zero-order valence-electron chi connectivity index (χ0n) is 11.2. The van der Waals surface area contributed by atoms with E-state index >= 15 is 0 Å². The van der Waals surface area contributed by atoms with E-state index < -0.39 is 10.0 Å². The Balaban J connectivity index is 2.67. The second kappa shape index (κ2) is 6.92. The molecule has 5 nitrogen and oxygen atoms in total. The molecule has 1 aromatic heterocycles. The molecule has 0 bridgehead atoms. The fourth-order valence-electron chi connectivity index (χ4n) is 1.66. The number of nitrogens with one attached hydrogen (secondary N) is 2. The van der Waals surface area contributed by atoms with Gasteiger partial charge in [0.15, 0.2) is 0 Å². The minimum atomic E-state index is -3.53. The third kappa shape index (κ3) is 4.44. The molecule has 2 N–H and O–H groups in total. The Morgan fingerprint density at radius 3 is 2.72 bits per heavy atom. The van der Waals surface area contributed by atoms with Crippen molar-refractivity contribution in [3.63, 3.8) is 0 Å². The van der Waals surface area contributed by atoms with E-state index in [1.807, 2.05) is 6.92 Å². The van der Waals surface area contributed by atoms with Crippen LogP contribution in [0.25, 0.3) is 0 Å². The standard InChI is InChI=1S/C12H22N2O3S/c1-4-5-6-10(2)14-18(15,16)12-8-7-11(17-12)9-13-3/h7-8,10,13-14H,4-6,9H2,1-3H3. The first kappa shape index (κ1) is 15.2. The van der Waals surface area contributed by atoms with Crippen LogP contribution in [0.1, 0.15) is 38.9 Å². The lowest BCUT2D eigenvalue weighted by Crippen LogP contribution is -2.32. The van der Waals surface area contributed by atoms with Gasteiger partial charge in [0, 0.05) is 6.04 Å². The number of sulfonamides is 1. The highest BCUT2D eigenvalue weighted by molar-refractivity contribution is 7.89. The summed E-state index contributed by atoms with van der Waals surface area (Å²) >= 11 is 0. The van der Waals surface area contributed by atoms with Gasteiger partial charge in [-0.15, -0.1) is 0 Å². The minimum Gasteiger partial charge on any atom is -0.447 e. The van der Waals surface area contributed by atoms with Gasteiger partial charge in [-0.3, -0.25) is 0 Å². The average Bonchev–Trinajstić information content (AvgIpc) is 2.75. The smallest absolute Gasteiger partial charge is 0.274 e. The second-order valence-electron chi connectivity index (χ2n) is 4.42. The summed E-state index contributed by atoms with van der Waals surface area (Å²) in [4.78, 5) is 0. The van der Waals surface area contributed by atoms with Crippen molar-refractivity contribution in [2.45, 2.75) is 50.8 Å². The SMILES string of the molecule is CCCCC(C)NS(=O)(=O)c1ccc(CNC)o1. The van der Waals surface area contributed by atoms with E-state index in [9.17, 15) is 8.42 Å². The van der Waals surface area contributed by atoms with E-state index in [2.05, 4.69) is 17.0 Å². The maximum Gasteiger partial charge on any atom is 0.274 e. The van der Waals surface area contributed by atoms with Gasteiger partial charge < -0.3 is 9.73 Å². The Morgan fingerprint density at radius 2 is 2.11 bits per heavy atom. The van der Waals surface area contributed by atoms with Crippen LogP contribution in [0, 0.1) is 0 Å². The summed E-state index contributed by atoms with van der Waals surface area (Å²) in [6.07, 6.45) is 2.89. The van der Waals surface area contributed by atoms with E-state index in [4.69, 9.17) is 4.42 Å². The van der Waals surface area contributed by atoms with Crippen LogP contribution in [0.15, 0.2) is 21.6 Å². The maximum atomic E-state index is 12.0. The van der Waals surface area contributed by atoms with Gasteiger partial charge >= 0.3 is 0 Å². The van der Waals surface area contributed by atoms with Gasteiger partial charge in [0.2, 0.25) is 5.09 Å². The van der Waals surface area contributed by atoms with Crippen molar-refractivity contribution in [2.75, 3.05) is 7.05 Å². The van der Waals surface area contributed by atoms with E-state index in [1.54, 1.807) is 13.1 Å². The van der Waals surface area contributed by atoms with Crippen LogP contribution in [0.2, 0.25) is 0 Å². The molecule has 1 heterocycles. The van der Waals surface area contributed by atoms with Crippen molar-refractivity contribution < 1.29 is 12.8 Å². The molecule has 1 atom stereocenters. The number of hydrogen-bond acceptors (Lipinski definition) is 4. The molecule has 18 heavy (non-hydrogen) atoms. The lowest BCUT2D eigenvalue weighted by atomic mass is 10.2. The molecule has 0 aliphatic heterocycles. The number of rotatable bonds is 8. The average molecular weight is 274 g/mol. The largest absolute Gasteiger partial charge is 0.447 e. The van der Waals surface area contributed by atoms with Gasteiger partial charge in [-0.2, -0.15) is 0 Å². The minimum absolute atomic E-state index is 0.0175. The topological polar surface area (TPSA) is 71.3 Å². The molecule has 0 radical (unpaired) electrons. The van der Waals surface area contributed by atoms with Crippen molar-refractivity contribution in [1.82, 2.24) is 10.0 Å². The van der Waals surface area contributed by atoms with E-state index in [1.165, 1.54) is 6.07 Å². The Bertz CT molecular complexity index is 454. The Hall–Kier alpha value is -0.850. The molecule has 0 fully saturated rings. The van der Waals surface area contributed by atoms with E-state index in [0.29, 0.717) is 12.3 Å². The molecule has 0 spiro atoms. The highest BCUT2D eigenvalue weighted by atomic mass is 32.2. The molecule has 1 aromatic rings. The maximum absolute atomic E-state index is 12.0. The van der Waals surface area contributed by atoms with Crippen molar-refractivity contribution in [3.05, 3.63) is 17.9 Å². The molecule has 0 aliphatic carbocycles. The van der Waals surface area contributed by atoms with Crippen LogP contribution < -0.4 is 10.0 Å². The van der Waals surface area contributed by atoms with Crippen molar-refractivity contribution >= 4 is 10.0 Å². The van der Waals surface area contributed by atoms with Gasteiger partial charge in [-0.1, -0.05) is 19.8 Å². The summed E-state index contributed by atoms with van der Waals surface area (Å²) in [5.41, 5.74) is 0. The fourth-order valence-corrected chi connectivity index (χ4v) is 2.89. The molecule has 6 heteroatoms. The summed E-state index contributed by atoms with van der Waals surface area (Å²) in [7, 11) is -1.75. The lowest BCUT2D eigenvalue weighted by molar-refractivity contribution is 0.401. The van der Waals surface area contributed by atoms with Crippen LogP contribution in [-0.2, 0) is 16.6 Å².